The van der Waals surface area contributed by atoms with Crippen molar-refractivity contribution >= 4 is 11.6 Å². The van der Waals surface area contributed by atoms with Crippen LogP contribution >= 0.6 is 11.6 Å². The minimum Gasteiger partial charge on any atom is -0.489 e. The largest absolute Gasteiger partial charge is 0.489 e. The van der Waals surface area contributed by atoms with Crippen LogP contribution in [-0.4, -0.2) is 9.78 Å². The molecular formula is C11H11ClN2O. The normalized spacial score (nSPS) is 10.3. The SMILES string of the molecule is Cn1cc(COc2ccc(Cl)cc2)cn1. The van der Waals surface area contributed by atoms with Gasteiger partial charge in [0, 0.05) is 23.8 Å². The Kier molecular flexibility index (Phi) is 2.92. The predicted molar refractivity (Wildman–Crippen MR) is 59.0 cm³/mol. The lowest BCUT2D eigenvalue weighted by molar-refractivity contribution is 0.306. The van der Waals surface area contributed by atoms with Crippen LogP contribution in [-0.2, 0) is 13.7 Å². The molecule has 1 heterocycles. The van der Waals surface area contributed by atoms with Crippen LogP contribution in [0.5, 0.6) is 5.75 Å². The Labute approximate surface area is 93.2 Å². The number of halogens is 1. The maximum atomic E-state index is 5.76. The van der Waals surface area contributed by atoms with E-state index in [4.69, 9.17) is 16.3 Å². The summed E-state index contributed by atoms with van der Waals surface area (Å²) in [6.07, 6.45) is 3.71. The summed E-state index contributed by atoms with van der Waals surface area (Å²) in [5.74, 6) is 0.809. The highest BCUT2D eigenvalue weighted by Crippen LogP contribution is 2.16. The lowest BCUT2D eigenvalue weighted by atomic mass is 10.3. The van der Waals surface area contributed by atoms with Gasteiger partial charge in [-0.2, -0.15) is 5.10 Å². The summed E-state index contributed by atoms with van der Waals surface area (Å²) in [6, 6.07) is 7.30. The van der Waals surface area contributed by atoms with E-state index in [0.29, 0.717) is 11.6 Å². The van der Waals surface area contributed by atoms with Gasteiger partial charge in [0.25, 0.3) is 0 Å². The van der Waals surface area contributed by atoms with Crippen LogP contribution in [0.15, 0.2) is 36.7 Å². The van der Waals surface area contributed by atoms with Gasteiger partial charge in [0.2, 0.25) is 0 Å². The molecule has 3 nitrogen and oxygen atoms in total. The van der Waals surface area contributed by atoms with Gasteiger partial charge in [0.15, 0.2) is 0 Å². The summed E-state index contributed by atoms with van der Waals surface area (Å²) in [5.41, 5.74) is 1.05. The maximum absolute atomic E-state index is 5.76. The predicted octanol–water partition coefficient (Wildman–Crippen LogP) is 2.65. The average Bonchev–Trinajstić information content (AvgIpc) is 2.64. The molecule has 0 aliphatic carbocycles. The first kappa shape index (κ1) is 10.1. The van der Waals surface area contributed by atoms with Crippen molar-refractivity contribution in [3.63, 3.8) is 0 Å². The van der Waals surface area contributed by atoms with Gasteiger partial charge in [0.05, 0.1) is 6.20 Å². The van der Waals surface area contributed by atoms with Crippen LogP contribution in [0, 0.1) is 0 Å². The topological polar surface area (TPSA) is 27.1 Å². The summed E-state index contributed by atoms with van der Waals surface area (Å²) in [6.45, 7) is 0.523. The van der Waals surface area contributed by atoms with Crippen molar-refractivity contribution in [1.82, 2.24) is 9.78 Å². The zero-order valence-corrected chi connectivity index (χ0v) is 9.11. The number of ether oxygens (including phenoxy) is 1. The Morgan fingerprint density at radius 3 is 2.67 bits per heavy atom. The first-order valence-corrected chi connectivity index (χ1v) is 4.98. The molecule has 0 aliphatic rings. The van der Waals surface area contributed by atoms with E-state index in [0.717, 1.165) is 11.3 Å². The van der Waals surface area contributed by atoms with Crippen LogP contribution in [0.4, 0.5) is 0 Å². The molecule has 0 N–H and O–H groups in total. The highest BCUT2D eigenvalue weighted by atomic mass is 35.5. The van der Waals surface area contributed by atoms with E-state index in [1.165, 1.54) is 0 Å². The average molecular weight is 223 g/mol. The lowest BCUT2D eigenvalue weighted by Gasteiger charge is -2.03. The first-order chi connectivity index (χ1) is 7.24. The van der Waals surface area contributed by atoms with Crippen molar-refractivity contribution in [2.45, 2.75) is 6.61 Å². The van der Waals surface area contributed by atoms with E-state index < -0.39 is 0 Å². The molecule has 0 saturated heterocycles. The zero-order valence-electron chi connectivity index (χ0n) is 8.35. The maximum Gasteiger partial charge on any atom is 0.119 e. The van der Waals surface area contributed by atoms with Crippen molar-refractivity contribution in [1.29, 1.82) is 0 Å². The van der Waals surface area contributed by atoms with Gasteiger partial charge in [0.1, 0.15) is 12.4 Å². The van der Waals surface area contributed by atoms with E-state index in [1.807, 2.05) is 25.4 Å². The summed E-state index contributed by atoms with van der Waals surface area (Å²) < 4.78 is 7.30. The standard InChI is InChI=1S/C11H11ClN2O/c1-14-7-9(6-13-14)8-15-11-4-2-10(12)3-5-11/h2-7H,8H2,1H3. The minimum atomic E-state index is 0.523. The Morgan fingerprint density at radius 2 is 2.07 bits per heavy atom. The van der Waals surface area contributed by atoms with Gasteiger partial charge in [-0.15, -0.1) is 0 Å². The Morgan fingerprint density at radius 1 is 1.33 bits per heavy atom. The zero-order chi connectivity index (χ0) is 10.7. The highest BCUT2D eigenvalue weighted by Gasteiger charge is 1.97. The van der Waals surface area contributed by atoms with Crippen LogP contribution in [0.2, 0.25) is 5.02 Å². The molecule has 0 spiro atoms. The molecule has 78 valence electrons. The first-order valence-electron chi connectivity index (χ1n) is 4.60. The molecule has 15 heavy (non-hydrogen) atoms. The van der Waals surface area contributed by atoms with Crippen molar-refractivity contribution in [3.05, 3.63) is 47.2 Å². The van der Waals surface area contributed by atoms with Gasteiger partial charge in [-0.3, -0.25) is 4.68 Å². The third-order valence-corrected chi connectivity index (χ3v) is 2.23. The molecule has 1 aromatic carbocycles. The van der Waals surface area contributed by atoms with E-state index in [-0.39, 0.29) is 0 Å². The summed E-state index contributed by atoms with van der Waals surface area (Å²) in [4.78, 5) is 0. The molecule has 0 saturated carbocycles. The number of aromatic nitrogens is 2. The molecule has 0 aliphatic heterocycles. The minimum absolute atomic E-state index is 0.523. The van der Waals surface area contributed by atoms with Gasteiger partial charge < -0.3 is 4.74 Å². The summed E-state index contributed by atoms with van der Waals surface area (Å²) in [7, 11) is 1.88. The van der Waals surface area contributed by atoms with Crippen molar-refractivity contribution in [2.75, 3.05) is 0 Å². The van der Waals surface area contributed by atoms with E-state index in [2.05, 4.69) is 5.10 Å². The summed E-state index contributed by atoms with van der Waals surface area (Å²) >= 11 is 5.76. The van der Waals surface area contributed by atoms with E-state index in [1.54, 1.807) is 23.0 Å². The number of aryl methyl sites for hydroxylation is 1. The molecule has 0 radical (unpaired) electrons. The van der Waals surface area contributed by atoms with Crippen molar-refractivity contribution in [2.24, 2.45) is 7.05 Å². The van der Waals surface area contributed by atoms with Crippen LogP contribution in [0.3, 0.4) is 0 Å². The molecule has 0 amide bonds. The molecule has 0 atom stereocenters. The number of nitrogens with zero attached hydrogens (tertiary/aromatic N) is 2. The molecule has 2 aromatic rings. The highest BCUT2D eigenvalue weighted by molar-refractivity contribution is 6.30. The van der Waals surface area contributed by atoms with Crippen molar-refractivity contribution in [3.8, 4) is 5.75 Å². The molecule has 1 aromatic heterocycles. The molecule has 0 unspecified atom stereocenters. The van der Waals surface area contributed by atoms with Gasteiger partial charge in [-0.1, -0.05) is 11.6 Å². The third-order valence-electron chi connectivity index (χ3n) is 1.98. The number of hydrogen-bond acceptors (Lipinski definition) is 2. The van der Waals surface area contributed by atoms with Crippen molar-refractivity contribution < 1.29 is 4.74 Å². The Balaban J connectivity index is 1.96. The second-order valence-corrected chi connectivity index (χ2v) is 3.70. The Bertz CT molecular complexity index is 436. The number of rotatable bonds is 3. The van der Waals surface area contributed by atoms with Gasteiger partial charge in [-0.25, -0.2) is 0 Å². The van der Waals surface area contributed by atoms with Crippen LogP contribution in [0.25, 0.3) is 0 Å². The fraction of sp³-hybridized carbons (Fsp3) is 0.182. The molecule has 2 rings (SSSR count). The fourth-order valence-electron chi connectivity index (χ4n) is 1.24. The molecular weight excluding hydrogens is 212 g/mol. The third kappa shape index (κ3) is 2.73. The van der Waals surface area contributed by atoms with Gasteiger partial charge >= 0.3 is 0 Å². The molecule has 0 fully saturated rings. The van der Waals surface area contributed by atoms with Crippen LogP contribution < -0.4 is 4.74 Å². The second-order valence-electron chi connectivity index (χ2n) is 3.26. The molecule has 4 heteroatoms. The van der Waals surface area contributed by atoms with Crippen LogP contribution in [0.1, 0.15) is 5.56 Å². The monoisotopic (exact) mass is 222 g/mol. The molecule has 0 bridgehead atoms. The second kappa shape index (κ2) is 4.36. The van der Waals surface area contributed by atoms with Gasteiger partial charge in [-0.05, 0) is 24.3 Å². The smallest absolute Gasteiger partial charge is 0.119 e. The lowest BCUT2D eigenvalue weighted by Crippen LogP contribution is -1.93. The number of benzene rings is 1. The summed E-state index contributed by atoms with van der Waals surface area (Å²) in [5, 5.41) is 4.77. The van der Waals surface area contributed by atoms with E-state index in [9.17, 15) is 0 Å². The quantitative estimate of drug-likeness (QED) is 0.799. The number of hydrogen-bond donors (Lipinski definition) is 0. The van der Waals surface area contributed by atoms with E-state index >= 15 is 0 Å². The fourth-order valence-corrected chi connectivity index (χ4v) is 1.37. The Hall–Kier alpha value is -1.48.